The largest absolute Gasteiger partial charge is 0.444 e. The van der Waals surface area contributed by atoms with Crippen molar-refractivity contribution in [1.29, 1.82) is 5.26 Å². The van der Waals surface area contributed by atoms with Gasteiger partial charge in [-0.1, -0.05) is 36.8 Å². The van der Waals surface area contributed by atoms with E-state index >= 15 is 0 Å². The molecule has 1 amide bonds. The Labute approximate surface area is 261 Å². The molecule has 1 saturated heterocycles. The highest BCUT2D eigenvalue weighted by atomic mass is 32.2. The van der Waals surface area contributed by atoms with Crippen LogP contribution in [0, 0.1) is 28.4 Å². The quantitative estimate of drug-likeness (QED) is 0.176. The number of ether oxygens (including phenoxy) is 1. The first-order valence-electron chi connectivity index (χ1n) is 14.0. The molecular weight excluding hydrogens is 582 g/mol. The monoisotopic (exact) mass is 617 g/mol. The van der Waals surface area contributed by atoms with Gasteiger partial charge in [0.05, 0.1) is 21.7 Å². The van der Waals surface area contributed by atoms with E-state index in [0.29, 0.717) is 60.0 Å². The number of amides is 1. The maximum absolute atomic E-state index is 12.5. The Morgan fingerprint density at radius 3 is 2.23 bits per heavy atom. The van der Waals surface area contributed by atoms with Gasteiger partial charge in [0, 0.05) is 49.1 Å². The molecule has 0 unspecified atom stereocenters. The number of pyridine rings is 1. The Bertz CT molecular complexity index is 1600. The molecule has 11 nitrogen and oxygen atoms in total. The van der Waals surface area contributed by atoms with Crippen molar-refractivity contribution in [3.63, 3.8) is 0 Å². The SMILES string of the molecule is CCc1c(-c2ccc(C)cc2)nc(SC)c(C#N)c1-c1ccc(N2CCN(C(=O)OC(C)(C)C)CC2)cc1[N+](=O)[O-].O=C=O. The normalized spacial score (nSPS) is 12.8. The molecule has 0 bridgehead atoms. The number of hydrogen-bond acceptors (Lipinski definition) is 10. The van der Waals surface area contributed by atoms with Gasteiger partial charge >= 0.3 is 12.2 Å². The van der Waals surface area contributed by atoms with Crippen LogP contribution < -0.4 is 4.90 Å². The lowest BCUT2D eigenvalue weighted by Crippen LogP contribution is -2.50. The van der Waals surface area contributed by atoms with Crippen molar-refractivity contribution in [2.45, 2.75) is 51.7 Å². The highest BCUT2D eigenvalue weighted by molar-refractivity contribution is 7.98. The summed E-state index contributed by atoms with van der Waals surface area (Å²) in [5.74, 6) is 0. The van der Waals surface area contributed by atoms with Crippen molar-refractivity contribution in [1.82, 2.24) is 9.88 Å². The predicted molar refractivity (Wildman–Crippen MR) is 167 cm³/mol. The standard InChI is InChI=1S/C31H35N5O4S.CO2/c1-7-23-27(25(19-32)29(41-6)33-28(23)21-10-8-20(2)9-11-21)24-13-12-22(18-26(24)36(38)39)34-14-16-35(17-15-34)30(37)40-31(3,4)5;2-1-3/h8-13,18H,7,14-17H2,1-6H3;. The number of carbonyl (C=O) groups excluding carboxylic acids is 3. The number of hydrogen-bond donors (Lipinski definition) is 0. The maximum atomic E-state index is 12.5. The summed E-state index contributed by atoms with van der Waals surface area (Å²) in [6.07, 6.45) is 2.29. The summed E-state index contributed by atoms with van der Waals surface area (Å²) in [4.78, 5) is 49.3. The summed E-state index contributed by atoms with van der Waals surface area (Å²) in [6, 6.07) is 15.5. The van der Waals surface area contributed by atoms with Gasteiger partial charge in [0.25, 0.3) is 5.69 Å². The Kier molecular flexibility index (Phi) is 11.2. The molecule has 44 heavy (non-hydrogen) atoms. The Morgan fingerprint density at radius 2 is 1.73 bits per heavy atom. The molecule has 3 aromatic rings. The molecule has 0 atom stereocenters. The minimum atomic E-state index is -0.577. The van der Waals surface area contributed by atoms with Crippen molar-refractivity contribution in [3.8, 4) is 28.5 Å². The van der Waals surface area contributed by atoms with Crippen LogP contribution >= 0.6 is 11.8 Å². The zero-order valence-electron chi connectivity index (χ0n) is 25.7. The molecule has 12 heteroatoms. The molecule has 230 valence electrons. The van der Waals surface area contributed by atoms with E-state index in [-0.39, 0.29) is 22.9 Å². The summed E-state index contributed by atoms with van der Waals surface area (Å²) in [7, 11) is 0. The number of nitrogens with zero attached hydrogens (tertiary/aromatic N) is 5. The number of nitriles is 1. The molecule has 0 spiro atoms. The van der Waals surface area contributed by atoms with Gasteiger partial charge in [-0.05, 0) is 58.1 Å². The smallest absolute Gasteiger partial charge is 0.410 e. The lowest BCUT2D eigenvalue weighted by Gasteiger charge is -2.36. The van der Waals surface area contributed by atoms with E-state index in [4.69, 9.17) is 19.3 Å². The number of aromatic nitrogens is 1. The van der Waals surface area contributed by atoms with Gasteiger partial charge in [0.2, 0.25) is 0 Å². The topological polar surface area (TPSA) is 147 Å². The Hall–Kier alpha value is -4.72. The molecule has 1 aliphatic heterocycles. The third-order valence-corrected chi connectivity index (χ3v) is 7.67. The number of anilines is 1. The molecule has 4 rings (SSSR count). The van der Waals surface area contributed by atoms with Crippen LogP contribution in [-0.4, -0.2) is 65.1 Å². The lowest BCUT2D eigenvalue weighted by atomic mass is 9.90. The van der Waals surface area contributed by atoms with E-state index in [0.717, 1.165) is 22.4 Å². The first kappa shape index (κ1) is 33.8. The second-order valence-corrected chi connectivity index (χ2v) is 11.8. The van der Waals surface area contributed by atoms with Gasteiger partial charge in [0.15, 0.2) is 0 Å². The van der Waals surface area contributed by atoms with E-state index in [1.807, 2.05) is 76.1 Å². The highest BCUT2D eigenvalue weighted by Gasteiger charge is 2.29. The van der Waals surface area contributed by atoms with E-state index in [2.05, 4.69) is 6.07 Å². The summed E-state index contributed by atoms with van der Waals surface area (Å²) in [6.45, 7) is 11.4. The average molecular weight is 618 g/mol. The van der Waals surface area contributed by atoms with Crippen LogP contribution in [0.5, 0.6) is 0 Å². The van der Waals surface area contributed by atoms with Crippen molar-refractivity contribution in [2.75, 3.05) is 37.3 Å². The molecule has 0 aliphatic carbocycles. The van der Waals surface area contributed by atoms with Crippen molar-refractivity contribution in [2.24, 2.45) is 0 Å². The van der Waals surface area contributed by atoms with E-state index < -0.39 is 5.60 Å². The van der Waals surface area contributed by atoms with Gasteiger partial charge in [-0.15, -0.1) is 11.8 Å². The molecular formula is C32H35N5O6S. The third-order valence-electron chi connectivity index (χ3n) is 6.99. The lowest BCUT2D eigenvalue weighted by molar-refractivity contribution is -0.384. The number of rotatable bonds is 6. The van der Waals surface area contributed by atoms with Crippen LogP contribution in [0.4, 0.5) is 16.2 Å². The zero-order chi connectivity index (χ0) is 32.6. The molecule has 2 aromatic carbocycles. The van der Waals surface area contributed by atoms with Crippen LogP contribution in [-0.2, 0) is 20.7 Å². The molecule has 2 heterocycles. The van der Waals surface area contributed by atoms with E-state index in [1.54, 1.807) is 17.0 Å². The fourth-order valence-electron chi connectivity index (χ4n) is 5.00. The molecule has 1 aromatic heterocycles. The predicted octanol–water partition coefficient (Wildman–Crippen LogP) is 6.26. The summed E-state index contributed by atoms with van der Waals surface area (Å²) >= 11 is 1.35. The van der Waals surface area contributed by atoms with Crippen LogP contribution in [0.2, 0.25) is 0 Å². The Balaban J connectivity index is 0.00000169. The van der Waals surface area contributed by atoms with Crippen molar-refractivity contribution < 1.29 is 24.0 Å². The number of benzene rings is 2. The molecule has 1 fully saturated rings. The van der Waals surface area contributed by atoms with Gasteiger partial charge in [-0.25, -0.2) is 9.78 Å². The maximum Gasteiger partial charge on any atom is 0.410 e. The fraction of sp³-hybridized carbons (Fsp3) is 0.375. The van der Waals surface area contributed by atoms with Crippen molar-refractivity contribution in [3.05, 3.63) is 69.3 Å². The number of nitro groups is 1. The zero-order valence-corrected chi connectivity index (χ0v) is 26.5. The number of piperazine rings is 1. The fourth-order valence-corrected chi connectivity index (χ4v) is 5.53. The number of carbonyl (C=O) groups is 1. The van der Waals surface area contributed by atoms with Gasteiger partial charge in [-0.2, -0.15) is 14.9 Å². The summed E-state index contributed by atoms with van der Waals surface area (Å²) in [5.41, 5.74) is 4.87. The number of nitro benzene ring substituents is 1. The molecule has 0 saturated carbocycles. The first-order valence-corrected chi connectivity index (χ1v) is 15.2. The summed E-state index contributed by atoms with van der Waals surface area (Å²) < 4.78 is 5.49. The van der Waals surface area contributed by atoms with Crippen LogP contribution in [0.1, 0.15) is 44.4 Å². The van der Waals surface area contributed by atoms with Crippen LogP contribution in [0.3, 0.4) is 0 Å². The van der Waals surface area contributed by atoms with E-state index in [1.165, 1.54) is 11.8 Å². The Morgan fingerprint density at radius 1 is 1.11 bits per heavy atom. The van der Waals surface area contributed by atoms with Crippen molar-refractivity contribution >= 4 is 35.4 Å². The van der Waals surface area contributed by atoms with Crippen LogP contribution in [0.25, 0.3) is 22.4 Å². The van der Waals surface area contributed by atoms with E-state index in [9.17, 15) is 20.2 Å². The minimum Gasteiger partial charge on any atom is -0.444 e. The molecule has 0 radical (unpaired) electrons. The third kappa shape index (κ3) is 7.81. The van der Waals surface area contributed by atoms with Gasteiger partial charge in [0.1, 0.15) is 16.7 Å². The number of aryl methyl sites for hydroxylation is 1. The average Bonchev–Trinajstić information content (AvgIpc) is 2.99. The molecule has 0 N–H and O–H groups in total. The van der Waals surface area contributed by atoms with Gasteiger partial charge < -0.3 is 14.5 Å². The highest BCUT2D eigenvalue weighted by Crippen LogP contribution is 2.43. The first-order chi connectivity index (χ1) is 20.9. The minimum absolute atomic E-state index is 0.0728. The number of thioether (sulfide) groups is 1. The second-order valence-electron chi connectivity index (χ2n) is 11.0. The second kappa shape index (κ2) is 14.6. The molecule has 1 aliphatic rings. The van der Waals surface area contributed by atoms with Gasteiger partial charge in [-0.3, -0.25) is 10.1 Å². The summed E-state index contributed by atoms with van der Waals surface area (Å²) in [5, 5.41) is 23.2. The van der Waals surface area contributed by atoms with Crippen LogP contribution in [0.15, 0.2) is 47.5 Å².